The van der Waals surface area contributed by atoms with Gasteiger partial charge in [0.25, 0.3) is 0 Å². The Morgan fingerprint density at radius 1 is 1.12 bits per heavy atom. The van der Waals surface area contributed by atoms with Gasteiger partial charge < -0.3 is 0 Å². The van der Waals surface area contributed by atoms with Gasteiger partial charge in [0.05, 0.1) is 23.5 Å². The van der Waals surface area contributed by atoms with Crippen LogP contribution in [0.2, 0.25) is 0 Å². The van der Waals surface area contributed by atoms with Crippen LogP contribution >= 0.6 is 0 Å². The zero-order valence-corrected chi connectivity index (χ0v) is 14.7. The number of allylic oxidation sites excluding steroid dienone is 1. The fourth-order valence-electron chi connectivity index (χ4n) is 2.77. The van der Waals surface area contributed by atoms with Crippen molar-refractivity contribution < 1.29 is 0 Å². The van der Waals surface area contributed by atoms with E-state index in [2.05, 4.69) is 47.3 Å². The van der Waals surface area contributed by atoms with E-state index in [1.165, 1.54) is 11.1 Å². The molecule has 0 bridgehead atoms. The van der Waals surface area contributed by atoms with Gasteiger partial charge in [0.1, 0.15) is 6.07 Å². The van der Waals surface area contributed by atoms with Gasteiger partial charge in [-0.3, -0.25) is 9.67 Å². The van der Waals surface area contributed by atoms with Gasteiger partial charge in [-0.15, -0.1) is 0 Å². The Balaban J connectivity index is 1.95. The number of pyridine rings is 1. The molecular formula is C21H20N4. The van der Waals surface area contributed by atoms with E-state index in [0.717, 1.165) is 17.0 Å². The van der Waals surface area contributed by atoms with E-state index in [-0.39, 0.29) is 0 Å². The molecule has 3 aromatic rings. The fourth-order valence-corrected chi connectivity index (χ4v) is 2.77. The summed E-state index contributed by atoms with van der Waals surface area (Å²) in [6, 6.07) is 16.3. The van der Waals surface area contributed by atoms with Crippen LogP contribution in [0.25, 0.3) is 11.6 Å². The Kier molecular flexibility index (Phi) is 4.76. The monoisotopic (exact) mass is 328 g/mol. The van der Waals surface area contributed by atoms with Gasteiger partial charge in [0.2, 0.25) is 0 Å². The predicted octanol–water partition coefficient (Wildman–Crippen LogP) is 4.32. The molecule has 0 spiro atoms. The molecule has 0 unspecified atom stereocenters. The number of nitriles is 1. The van der Waals surface area contributed by atoms with Crippen LogP contribution in [0.3, 0.4) is 0 Å². The van der Waals surface area contributed by atoms with Gasteiger partial charge in [0.15, 0.2) is 0 Å². The molecule has 4 nitrogen and oxygen atoms in total. The number of hydrogen-bond acceptors (Lipinski definition) is 3. The topological polar surface area (TPSA) is 54.5 Å². The molecular weight excluding hydrogens is 308 g/mol. The first-order chi connectivity index (χ1) is 12.1. The van der Waals surface area contributed by atoms with Crippen LogP contribution in [0.5, 0.6) is 0 Å². The lowest BCUT2D eigenvalue weighted by Crippen LogP contribution is -2.04. The molecule has 0 N–H and O–H groups in total. The SMILES string of the molecule is Cc1ccc(Cn2nc(C)c(/C=C(/C#N)c3ccccn3)c2C)cc1. The van der Waals surface area contributed by atoms with Crippen LogP contribution < -0.4 is 0 Å². The first-order valence-electron chi connectivity index (χ1n) is 8.21. The summed E-state index contributed by atoms with van der Waals surface area (Å²) >= 11 is 0. The van der Waals surface area contributed by atoms with E-state index in [1.54, 1.807) is 6.20 Å². The van der Waals surface area contributed by atoms with Crippen molar-refractivity contribution in [2.45, 2.75) is 27.3 Å². The molecule has 4 heteroatoms. The molecule has 25 heavy (non-hydrogen) atoms. The molecule has 124 valence electrons. The van der Waals surface area contributed by atoms with Gasteiger partial charge in [-0.05, 0) is 44.5 Å². The Labute approximate surface area is 148 Å². The van der Waals surface area contributed by atoms with Crippen molar-refractivity contribution in [3.63, 3.8) is 0 Å². The van der Waals surface area contributed by atoms with E-state index in [1.807, 2.05) is 42.8 Å². The summed E-state index contributed by atoms with van der Waals surface area (Å²) in [6.07, 6.45) is 3.58. The number of hydrogen-bond donors (Lipinski definition) is 0. The Morgan fingerprint density at radius 2 is 1.88 bits per heavy atom. The highest BCUT2D eigenvalue weighted by Crippen LogP contribution is 2.21. The van der Waals surface area contributed by atoms with Crippen LogP contribution in [-0.4, -0.2) is 14.8 Å². The Morgan fingerprint density at radius 3 is 2.52 bits per heavy atom. The Hall–Kier alpha value is -3.19. The van der Waals surface area contributed by atoms with Gasteiger partial charge in [-0.1, -0.05) is 35.9 Å². The molecule has 0 saturated carbocycles. The second kappa shape index (κ2) is 7.14. The van der Waals surface area contributed by atoms with E-state index < -0.39 is 0 Å². The summed E-state index contributed by atoms with van der Waals surface area (Å²) in [5.74, 6) is 0. The average molecular weight is 328 g/mol. The largest absolute Gasteiger partial charge is 0.265 e. The third-order valence-corrected chi connectivity index (χ3v) is 4.24. The van der Waals surface area contributed by atoms with Crippen molar-refractivity contribution in [2.24, 2.45) is 0 Å². The Bertz CT molecular complexity index is 942. The minimum absolute atomic E-state index is 0.543. The molecule has 0 aliphatic rings. The standard InChI is InChI=1S/C21H20N4/c1-15-7-9-18(10-8-15)14-25-17(3)20(16(2)24-25)12-19(13-22)21-6-4-5-11-23-21/h4-12H,14H2,1-3H3/b19-12-. The van der Waals surface area contributed by atoms with Crippen molar-refractivity contribution in [3.8, 4) is 6.07 Å². The smallest absolute Gasteiger partial charge is 0.101 e. The number of benzene rings is 1. The van der Waals surface area contributed by atoms with E-state index in [4.69, 9.17) is 0 Å². The summed E-state index contributed by atoms with van der Waals surface area (Å²) in [7, 11) is 0. The third kappa shape index (κ3) is 3.67. The van der Waals surface area contributed by atoms with Gasteiger partial charge in [-0.25, -0.2) is 0 Å². The molecule has 0 aliphatic carbocycles. The molecule has 0 amide bonds. The lowest BCUT2D eigenvalue weighted by molar-refractivity contribution is 0.659. The molecule has 0 aliphatic heterocycles. The lowest BCUT2D eigenvalue weighted by Gasteiger charge is -2.05. The minimum atomic E-state index is 0.543. The second-order valence-corrected chi connectivity index (χ2v) is 6.11. The summed E-state index contributed by atoms with van der Waals surface area (Å²) in [5.41, 5.74) is 6.60. The number of nitrogens with zero attached hydrogens (tertiary/aromatic N) is 4. The maximum Gasteiger partial charge on any atom is 0.101 e. The van der Waals surface area contributed by atoms with Crippen LogP contribution in [0.1, 0.15) is 33.8 Å². The lowest BCUT2D eigenvalue weighted by atomic mass is 10.1. The van der Waals surface area contributed by atoms with Crippen LogP contribution in [0.4, 0.5) is 0 Å². The molecule has 0 radical (unpaired) electrons. The molecule has 2 heterocycles. The van der Waals surface area contributed by atoms with Crippen molar-refractivity contribution >= 4 is 11.6 Å². The first kappa shape index (κ1) is 16.7. The first-order valence-corrected chi connectivity index (χ1v) is 8.21. The highest BCUT2D eigenvalue weighted by atomic mass is 15.3. The minimum Gasteiger partial charge on any atom is -0.265 e. The van der Waals surface area contributed by atoms with Crippen LogP contribution in [0, 0.1) is 32.1 Å². The maximum atomic E-state index is 9.51. The molecule has 3 rings (SSSR count). The van der Waals surface area contributed by atoms with Crippen LogP contribution in [-0.2, 0) is 6.54 Å². The highest BCUT2D eigenvalue weighted by molar-refractivity contribution is 5.89. The van der Waals surface area contributed by atoms with Crippen molar-refractivity contribution in [3.05, 3.63) is 82.4 Å². The molecule has 1 aromatic carbocycles. The van der Waals surface area contributed by atoms with Crippen molar-refractivity contribution in [1.82, 2.24) is 14.8 Å². The summed E-state index contributed by atoms with van der Waals surface area (Å²) in [4.78, 5) is 4.27. The number of aromatic nitrogens is 3. The number of rotatable bonds is 4. The van der Waals surface area contributed by atoms with E-state index >= 15 is 0 Å². The van der Waals surface area contributed by atoms with Gasteiger partial charge in [-0.2, -0.15) is 10.4 Å². The van der Waals surface area contributed by atoms with E-state index in [0.29, 0.717) is 17.8 Å². The van der Waals surface area contributed by atoms with E-state index in [9.17, 15) is 5.26 Å². The van der Waals surface area contributed by atoms with Crippen LogP contribution in [0.15, 0.2) is 48.7 Å². The summed E-state index contributed by atoms with van der Waals surface area (Å²) in [5, 5.41) is 14.2. The average Bonchev–Trinajstić information content (AvgIpc) is 2.89. The molecule has 0 saturated heterocycles. The quantitative estimate of drug-likeness (QED) is 0.670. The third-order valence-electron chi connectivity index (χ3n) is 4.24. The van der Waals surface area contributed by atoms with Gasteiger partial charge >= 0.3 is 0 Å². The predicted molar refractivity (Wildman–Crippen MR) is 99.7 cm³/mol. The summed E-state index contributed by atoms with van der Waals surface area (Å²) < 4.78 is 1.99. The fraction of sp³-hybridized carbons (Fsp3) is 0.190. The van der Waals surface area contributed by atoms with Gasteiger partial charge in [0, 0.05) is 17.5 Å². The zero-order chi connectivity index (χ0) is 17.8. The molecule has 2 aromatic heterocycles. The normalized spacial score (nSPS) is 11.4. The number of aryl methyl sites for hydroxylation is 2. The maximum absolute atomic E-state index is 9.51. The zero-order valence-electron chi connectivity index (χ0n) is 14.7. The molecule has 0 atom stereocenters. The molecule has 0 fully saturated rings. The summed E-state index contributed by atoms with van der Waals surface area (Å²) in [6.45, 7) is 6.80. The highest BCUT2D eigenvalue weighted by Gasteiger charge is 2.12. The second-order valence-electron chi connectivity index (χ2n) is 6.11. The van der Waals surface area contributed by atoms with Crippen molar-refractivity contribution in [1.29, 1.82) is 5.26 Å². The van der Waals surface area contributed by atoms with Crippen molar-refractivity contribution in [2.75, 3.05) is 0 Å².